The van der Waals surface area contributed by atoms with Gasteiger partial charge in [0.2, 0.25) is 0 Å². The number of aliphatic hydroxyl groups is 1. The summed E-state index contributed by atoms with van der Waals surface area (Å²) in [6.07, 6.45) is -3.85. The predicted molar refractivity (Wildman–Crippen MR) is 54.2 cm³/mol. The second-order valence-corrected chi connectivity index (χ2v) is 5.41. The zero-order valence-corrected chi connectivity index (χ0v) is 9.71. The van der Waals surface area contributed by atoms with Crippen molar-refractivity contribution in [1.82, 2.24) is 0 Å². The van der Waals surface area contributed by atoms with Crippen molar-refractivity contribution >= 4 is 0 Å². The predicted octanol–water partition coefficient (Wildman–Crippen LogP) is 2.10. The Hall–Kier alpha value is -0.220. The van der Waals surface area contributed by atoms with Gasteiger partial charge in [-0.2, -0.15) is 0 Å². The molecule has 0 unspecified atom stereocenters. The maximum Gasteiger partial charge on any atom is 0.134 e. The molecule has 4 heteroatoms. The Morgan fingerprint density at radius 3 is 2.27 bits per heavy atom. The number of halogens is 2. The van der Waals surface area contributed by atoms with Gasteiger partial charge in [0.15, 0.2) is 0 Å². The Bertz CT molecular complexity index is 213. The average molecular weight is 222 g/mol. The van der Waals surface area contributed by atoms with Gasteiger partial charge in [0.05, 0.1) is 12.2 Å². The molecule has 0 aromatic heterocycles. The summed E-state index contributed by atoms with van der Waals surface area (Å²) < 4.78 is 31.4. The first-order valence-electron chi connectivity index (χ1n) is 5.32. The minimum atomic E-state index is -1.43. The maximum atomic E-state index is 13.5. The van der Waals surface area contributed by atoms with E-state index in [0.717, 1.165) is 0 Å². The van der Waals surface area contributed by atoms with Crippen LogP contribution in [0.5, 0.6) is 0 Å². The molecule has 1 saturated heterocycles. The molecule has 1 aliphatic heterocycles. The molecule has 0 aliphatic carbocycles. The van der Waals surface area contributed by atoms with Crippen LogP contribution in [0.25, 0.3) is 0 Å². The summed E-state index contributed by atoms with van der Waals surface area (Å²) in [6, 6.07) is 0. The average Bonchev–Trinajstić information content (AvgIpc) is 2.13. The number of hydrogen-bond acceptors (Lipinski definition) is 2. The smallest absolute Gasteiger partial charge is 0.134 e. The highest BCUT2D eigenvalue weighted by molar-refractivity contribution is 4.94. The zero-order valence-electron chi connectivity index (χ0n) is 9.71. The highest BCUT2D eigenvalue weighted by Crippen LogP contribution is 2.36. The molecule has 1 N–H and O–H groups in total. The summed E-state index contributed by atoms with van der Waals surface area (Å²) in [7, 11) is 0. The Morgan fingerprint density at radius 2 is 1.87 bits per heavy atom. The summed E-state index contributed by atoms with van der Waals surface area (Å²) in [5.74, 6) is -0.580. The third-order valence-electron chi connectivity index (χ3n) is 3.03. The molecule has 1 rings (SSSR count). The van der Waals surface area contributed by atoms with Gasteiger partial charge >= 0.3 is 0 Å². The van der Waals surface area contributed by atoms with Gasteiger partial charge in [0.25, 0.3) is 0 Å². The minimum Gasteiger partial charge on any atom is -0.390 e. The molecule has 0 aromatic rings. The van der Waals surface area contributed by atoms with Crippen molar-refractivity contribution in [3.05, 3.63) is 0 Å². The van der Waals surface area contributed by atoms with Gasteiger partial charge in [-0.15, -0.1) is 0 Å². The van der Waals surface area contributed by atoms with Crippen molar-refractivity contribution in [2.75, 3.05) is 6.67 Å². The summed E-state index contributed by atoms with van der Waals surface area (Å²) in [5.41, 5.74) is -0.318. The number of alkyl halides is 2. The number of ether oxygens (including phenoxy) is 1. The van der Waals surface area contributed by atoms with Gasteiger partial charge in [0, 0.05) is 5.92 Å². The van der Waals surface area contributed by atoms with Crippen LogP contribution in [0.2, 0.25) is 0 Å². The fourth-order valence-corrected chi connectivity index (χ4v) is 1.98. The van der Waals surface area contributed by atoms with E-state index in [4.69, 9.17) is 4.74 Å². The Kier molecular flexibility index (Phi) is 3.71. The largest absolute Gasteiger partial charge is 0.390 e. The first-order chi connectivity index (χ1) is 6.79. The summed E-state index contributed by atoms with van der Waals surface area (Å²) in [6.45, 7) is 6.43. The molecule has 90 valence electrons. The third-order valence-corrected chi connectivity index (χ3v) is 3.03. The van der Waals surface area contributed by atoms with Crippen LogP contribution >= 0.6 is 0 Å². The lowest BCUT2D eigenvalue weighted by atomic mass is 9.77. The van der Waals surface area contributed by atoms with Crippen molar-refractivity contribution in [3.63, 3.8) is 0 Å². The van der Waals surface area contributed by atoms with Gasteiger partial charge in [-0.3, -0.25) is 0 Å². The van der Waals surface area contributed by atoms with Crippen LogP contribution in [0, 0.1) is 11.3 Å². The van der Waals surface area contributed by atoms with Crippen LogP contribution in [-0.4, -0.2) is 36.3 Å². The normalized spacial score (nSPS) is 43.0. The van der Waals surface area contributed by atoms with Gasteiger partial charge in [-0.05, 0) is 5.41 Å². The lowest BCUT2D eigenvalue weighted by molar-refractivity contribution is -0.210. The van der Waals surface area contributed by atoms with Crippen LogP contribution < -0.4 is 0 Å². The molecule has 0 bridgehead atoms. The van der Waals surface area contributed by atoms with Crippen LogP contribution in [0.15, 0.2) is 0 Å². The van der Waals surface area contributed by atoms with E-state index in [1.54, 1.807) is 6.92 Å². The van der Waals surface area contributed by atoms with E-state index in [2.05, 4.69) is 0 Å². The lowest BCUT2D eigenvalue weighted by Crippen LogP contribution is -2.56. The quantitative estimate of drug-likeness (QED) is 0.736. The standard InChI is InChI=1S/C11H20F2O2/c1-6-8(13)7(5-12)15-10(9(6)14)11(2,3)4/h6-10,14H,5H2,1-4H3/t6-,7+,8+,9+,10+/m0/s1. The monoisotopic (exact) mass is 222 g/mol. The Morgan fingerprint density at radius 1 is 1.33 bits per heavy atom. The number of rotatable bonds is 1. The summed E-state index contributed by atoms with van der Waals surface area (Å²) >= 11 is 0. The SMILES string of the molecule is C[C@@H]1[C@@H](O)[C@H](C(C)(C)C)O[C@H](CF)[C@@H]1F. The fraction of sp³-hybridized carbons (Fsp3) is 1.00. The summed E-state index contributed by atoms with van der Waals surface area (Å²) in [5, 5.41) is 9.87. The van der Waals surface area contributed by atoms with E-state index in [-0.39, 0.29) is 5.41 Å². The van der Waals surface area contributed by atoms with Crippen LogP contribution in [0.3, 0.4) is 0 Å². The molecule has 1 aliphatic rings. The first-order valence-corrected chi connectivity index (χ1v) is 5.32. The molecule has 0 spiro atoms. The van der Waals surface area contributed by atoms with E-state index >= 15 is 0 Å². The van der Waals surface area contributed by atoms with Crippen molar-refractivity contribution < 1.29 is 18.6 Å². The van der Waals surface area contributed by atoms with E-state index in [9.17, 15) is 13.9 Å². The Labute approximate surface area is 89.6 Å². The van der Waals surface area contributed by atoms with Crippen molar-refractivity contribution in [2.45, 2.75) is 52.2 Å². The van der Waals surface area contributed by atoms with Gasteiger partial charge < -0.3 is 9.84 Å². The molecule has 1 fully saturated rings. The summed E-state index contributed by atoms with van der Waals surface area (Å²) in [4.78, 5) is 0. The van der Waals surface area contributed by atoms with Crippen molar-refractivity contribution in [3.8, 4) is 0 Å². The van der Waals surface area contributed by atoms with E-state index < -0.39 is 37.1 Å². The minimum absolute atomic E-state index is 0.318. The molecule has 0 radical (unpaired) electrons. The molecule has 0 saturated carbocycles. The molecular formula is C11H20F2O2. The van der Waals surface area contributed by atoms with Crippen LogP contribution in [0.4, 0.5) is 8.78 Å². The Balaban J connectivity index is 2.83. The van der Waals surface area contributed by atoms with E-state index in [1.165, 1.54) is 0 Å². The van der Waals surface area contributed by atoms with Crippen molar-refractivity contribution in [1.29, 1.82) is 0 Å². The molecule has 15 heavy (non-hydrogen) atoms. The molecule has 1 heterocycles. The maximum absolute atomic E-state index is 13.5. The fourth-order valence-electron chi connectivity index (χ4n) is 1.98. The highest BCUT2D eigenvalue weighted by atomic mass is 19.1. The van der Waals surface area contributed by atoms with Crippen LogP contribution in [0.1, 0.15) is 27.7 Å². The topological polar surface area (TPSA) is 29.5 Å². The molecular weight excluding hydrogens is 202 g/mol. The number of hydrogen-bond donors (Lipinski definition) is 1. The van der Waals surface area contributed by atoms with Gasteiger partial charge in [0.1, 0.15) is 19.0 Å². The zero-order chi connectivity index (χ0) is 11.8. The second-order valence-electron chi connectivity index (χ2n) is 5.41. The van der Waals surface area contributed by atoms with Gasteiger partial charge in [-0.1, -0.05) is 27.7 Å². The molecule has 5 atom stereocenters. The molecule has 0 aromatic carbocycles. The van der Waals surface area contributed by atoms with Gasteiger partial charge in [-0.25, -0.2) is 8.78 Å². The molecule has 0 amide bonds. The van der Waals surface area contributed by atoms with Crippen molar-refractivity contribution in [2.24, 2.45) is 11.3 Å². The first kappa shape index (κ1) is 12.8. The lowest BCUT2D eigenvalue weighted by Gasteiger charge is -2.45. The third kappa shape index (κ3) is 2.48. The van der Waals surface area contributed by atoms with Crippen LogP contribution in [-0.2, 0) is 4.74 Å². The highest BCUT2D eigenvalue weighted by Gasteiger charge is 2.47. The second kappa shape index (κ2) is 4.34. The van der Waals surface area contributed by atoms with E-state index in [1.807, 2.05) is 20.8 Å². The van der Waals surface area contributed by atoms with E-state index in [0.29, 0.717) is 0 Å². The molecule has 2 nitrogen and oxygen atoms in total. The number of aliphatic hydroxyl groups excluding tert-OH is 1.